The van der Waals surface area contributed by atoms with Crippen molar-refractivity contribution in [3.05, 3.63) is 29.1 Å². The van der Waals surface area contributed by atoms with Gasteiger partial charge in [-0.05, 0) is 38.5 Å². The maximum atomic E-state index is 5.76. The molecule has 0 saturated heterocycles. The number of nitrogens with zero attached hydrogens (tertiary/aromatic N) is 1. The fraction of sp³-hybridized carbons (Fsp3) is 0.300. The number of allylic oxidation sites excluding steroid dienone is 1. The molecule has 0 radical (unpaired) electrons. The van der Waals surface area contributed by atoms with Gasteiger partial charge in [0.1, 0.15) is 0 Å². The lowest BCUT2D eigenvalue weighted by Gasteiger charge is -2.00. The highest BCUT2D eigenvalue weighted by Gasteiger charge is 1.96. The van der Waals surface area contributed by atoms with Crippen molar-refractivity contribution in [2.24, 2.45) is 0 Å². The van der Waals surface area contributed by atoms with Crippen molar-refractivity contribution in [2.75, 3.05) is 5.73 Å². The quantitative estimate of drug-likeness (QED) is 0.688. The number of aromatic nitrogens is 1. The highest BCUT2D eigenvalue weighted by atomic mass is 14.7. The molecule has 1 aromatic rings. The van der Waals surface area contributed by atoms with Crippen LogP contribution in [0.4, 0.5) is 5.69 Å². The summed E-state index contributed by atoms with van der Waals surface area (Å²) in [6, 6.07) is 1.93. The normalized spacial score (nSPS) is 9.58. The maximum Gasteiger partial charge on any atom is 0.0858 e. The van der Waals surface area contributed by atoms with Gasteiger partial charge in [0.25, 0.3) is 0 Å². The second-order valence-corrected chi connectivity index (χ2v) is 3.21. The lowest BCUT2D eigenvalue weighted by Crippen LogP contribution is -1.93. The molecule has 64 valence electrons. The van der Waals surface area contributed by atoms with Crippen molar-refractivity contribution in [1.29, 1.82) is 0 Å². The average molecular weight is 162 g/mol. The average Bonchev–Trinajstić information content (AvgIpc) is 1.94. The fourth-order valence-electron chi connectivity index (χ4n) is 0.996. The fourth-order valence-corrected chi connectivity index (χ4v) is 0.996. The minimum Gasteiger partial charge on any atom is -0.397 e. The molecule has 2 nitrogen and oxygen atoms in total. The van der Waals surface area contributed by atoms with Gasteiger partial charge < -0.3 is 5.73 Å². The summed E-state index contributed by atoms with van der Waals surface area (Å²) in [7, 11) is 0. The number of rotatable bonds is 1. The van der Waals surface area contributed by atoms with Gasteiger partial charge >= 0.3 is 0 Å². The van der Waals surface area contributed by atoms with E-state index in [1.807, 2.05) is 39.1 Å². The van der Waals surface area contributed by atoms with E-state index in [2.05, 4.69) is 4.98 Å². The van der Waals surface area contributed by atoms with Gasteiger partial charge in [-0.25, -0.2) is 0 Å². The first-order chi connectivity index (χ1) is 5.59. The summed E-state index contributed by atoms with van der Waals surface area (Å²) in [6.07, 6.45) is 3.81. The Morgan fingerprint density at radius 1 is 1.50 bits per heavy atom. The van der Waals surface area contributed by atoms with Crippen LogP contribution in [0.3, 0.4) is 0 Å². The van der Waals surface area contributed by atoms with Crippen molar-refractivity contribution < 1.29 is 0 Å². The van der Waals surface area contributed by atoms with Crippen molar-refractivity contribution in [3.8, 4) is 0 Å². The van der Waals surface area contributed by atoms with Crippen LogP contribution in [0, 0.1) is 6.92 Å². The lowest BCUT2D eigenvalue weighted by atomic mass is 10.2. The molecule has 0 bridgehead atoms. The number of anilines is 1. The van der Waals surface area contributed by atoms with Gasteiger partial charge in [0.05, 0.1) is 11.4 Å². The zero-order valence-electron chi connectivity index (χ0n) is 7.76. The van der Waals surface area contributed by atoms with Crippen molar-refractivity contribution in [1.82, 2.24) is 4.98 Å². The predicted molar refractivity (Wildman–Crippen MR) is 52.7 cm³/mol. The van der Waals surface area contributed by atoms with Crippen LogP contribution in [0.2, 0.25) is 0 Å². The van der Waals surface area contributed by atoms with Gasteiger partial charge in [-0.3, -0.25) is 4.98 Å². The van der Waals surface area contributed by atoms with Crippen LogP contribution in [0.1, 0.15) is 25.1 Å². The third-order valence-corrected chi connectivity index (χ3v) is 1.51. The molecule has 2 N–H and O–H groups in total. The van der Waals surface area contributed by atoms with E-state index in [9.17, 15) is 0 Å². The van der Waals surface area contributed by atoms with E-state index in [4.69, 9.17) is 5.73 Å². The van der Waals surface area contributed by atoms with Crippen LogP contribution in [0.5, 0.6) is 0 Å². The Balaban J connectivity index is 3.10. The number of aryl methyl sites for hydroxylation is 1. The SMILES string of the molecule is CC(C)=Cc1ncc(C)cc1N. The van der Waals surface area contributed by atoms with Gasteiger partial charge in [-0.2, -0.15) is 0 Å². The smallest absolute Gasteiger partial charge is 0.0858 e. The molecule has 0 atom stereocenters. The summed E-state index contributed by atoms with van der Waals surface area (Å²) in [6.45, 7) is 6.04. The lowest BCUT2D eigenvalue weighted by molar-refractivity contribution is 1.24. The summed E-state index contributed by atoms with van der Waals surface area (Å²) in [5.74, 6) is 0. The largest absolute Gasteiger partial charge is 0.397 e. The molecule has 0 aliphatic rings. The third-order valence-electron chi connectivity index (χ3n) is 1.51. The number of nitrogens with two attached hydrogens (primary N) is 1. The Bertz CT molecular complexity index is 310. The van der Waals surface area contributed by atoms with E-state index in [1.54, 1.807) is 0 Å². The number of hydrogen-bond acceptors (Lipinski definition) is 2. The monoisotopic (exact) mass is 162 g/mol. The maximum absolute atomic E-state index is 5.76. The minimum absolute atomic E-state index is 0.746. The van der Waals surface area contributed by atoms with Crippen LogP contribution in [-0.2, 0) is 0 Å². The third kappa shape index (κ3) is 2.09. The highest BCUT2D eigenvalue weighted by Crippen LogP contribution is 2.13. The van der Waals surface area contributed by atoms with Crippen LogP contribution in [0.25, 0.3) is 6.08 Å². The van der Waals surface area contributed by atoms with Crippen molar-refractivity contribution in [2.45, 2.75) is 20.8 Å². The topological polar surface area (TPSA) is 38.9 Å². The number of pyridine rings is 1. The molecule has 0 aliphatic carbocycles. The van der Waals surface area contributed by atoms with E-state index < -0.39 is 0 Å². The van der Waals surface area contributed by atoms with Gasteiger partial charge in [-0.15, -0.1) is 0 Å². The molecular weight excluding hydrogens is 148 g/mol. The predicted octanol–water partition coefficient (Wildman–Crippen LogP) is 2.40. The number of hydrogen-bond donors (Lipinski definition) is 1. The first kappa shape index (κ1) is 8.78. The Morgan fingerprint density at radius 3 is 2.67 bits per heavy atom. The van der Waals surface area contributed by atoms with Gasteiger partial charge in [0.2, 0.25) is 0 Å². The van der Waals surface area contributed by atoms with E-state index >= 15 is 0 Å². The Morgan fingerprint density at radius 2 is 2.17 bits per heavy atom. The standard InChI is InChI=1S/C10H14N2/c1-7(2)4-10-9(11)5-8(3)6-12-10/h4-6H,11H2,1-3H3. The molecule has 1 aromatic heterocycles. The Hall–Kier alpha value is -1.31. The second-order valence-electron chi connectivity index (χ2n) is 3.21. The van der Waals surface area contributed by atoms with Gasteiger partial charge in [0, 0.05) is 6.20 Å². The second kappa shape index (κ2) is 3.39. The molecule has 0 fully saturated rings. The van der Waals surface area contributed by atoms with E-state index in [0.717, 1.165) is 16.9 Å². The molecule has 0 unspecified atom stereocenters. The van der Waals surface area contributed by atoms with Crippen LogP contribution in [-0.4, -0.2) is 4.98 Å². The van der Waals surface area contributed by atoms with Gasteiger partial charge in [-0.1, -0.05) is 5.57 Å². The first-order valence-corrected chi connectivity index (χ1v) is 3.96. The summed E-state index contributed by atoms with van der Waals surface area (Å²) >= 11 is 0. The molecule has 0 saturated carbocycles. The van der Waals surface area contributed by atoms with E-state index in [-0.39, 0.29) is 0 Å². The summed E-state index contributed by atoms with van der Waals surface area (Å²) in [5.41, 5.74) is 9.67. The summed E-state index contributed by atoms with van der Waals surface area (Å²) in [4.78, 5) is 4.22. The minimum atomic E-state index is 0.746. The Labute approximate surface area is 73.1 Å². The van der Waals surface area contributed by atoms with E-state index in [1.165, 1.54) is 5.57 Å². The molecule has 0 amide bonds. The van der Waals surface area contributed by atoms with E-state index in [0.29, 0.717) is 0 Å². The molecule has 0 aliphatic heterocycles. The molecule has 2 heteroatoms. The zero-order valence-corrected chi connectivity index (χ0v) is 7.76. The highest BCUT2D eigenvalue weighted by molar-refractivity contribution is 5.62. The number of nitrogen functional groups attached to an aromatic ring is 1. The molecule has 0 aromatic carbocycles. The zero-order chi connectivity index (χ0) is 9.14. The molecular formula is C10H14N2. The first-order valence-electron chi connectivity index (χ1n) is 3.96. The molecule has 0 spiro atoms. The van der Waals surface area contributed by atoms with Crippen molar-refractivity contribution in [3.63, 3.8) is 0 Å². The summed E-state index contributed by atoms with van der Waals surface area (Å²) < 4.78 is 0. The van der Waals surface area contributed by atoms with Crippen LogP contribution < -0.4 is 5.73 Å². The molecule has 1 heterocycles. The molecule has 1 rings (SSSR count). The molecule has 12 heavy (non-hydrogen) atoms. The van der Waals surface area contributed by atoms with Crippen LogP contribution in [0.15, 0.2) is 17.8 Å². The van der Waals surface area contributed by atoms with Crippen LogP contribution >= 0.6 is 0 Å². The summed E-state index contributed by atoms with van der Waals surface area (Å²) in [5, 5.41) is 0. The Kier molecular flexibility index (Phi) is 2.48. The van der Waals surface area contributed by atoms with Crippen molar-refractivity contribution >= 4 is 11.8 Å². The van der Waals surface area contributed by atoms with Gasteiger partial charge in [0.15, 0.2) is 0 Å².